The van der Waals surface area contributed by atoms with Gasteiger partial charge in [0.2, 0.25) is 0 Å². The Morgan fingerprint density at radius 1 is 0.704 bits per heavy atom. The summed E-state index contributed by atoms with van der Waals surface area (Å²) in [6.45, 7) is 0. The lowest BCUT2D eigenvalue weighted by Crippen LogP contribution is -2.32. The number of hydrogen-bond acceptors (Lipinski definition) is 4. The molecule has 1 heterocycles. The smallest absolute Gasteiger partial charge is 0.281 e. The zero-order valence-corrected chi connectivity index (χ0v) is 14.1. The van der Waals surface area contributed by atoms with Crippen molar-refractivity contribution in [3.05, 3.63) is 115 Å². The van der Waals surface area contributed by atoms with E-state index in [1.807, 2.05) is 12.1 Å². The molecule has 0 saturated carbocycles. The van der Waals surface area contributed by atoms with Crippen molar-refractivity contribution in [2.45, 2.75) is 0 Å². The first-order valence-electron chi connectivity index (χ1n) is 8.56. The molecule has 1 aliphatic heterocycles. The van der Waals surface area contributed by atoms with Crippen LogP contribution < -0.4 is 16.2 Å². The monoisotopic (exact) mass is 351 g/mol. The van der Waals surface area contributed by atoms with Crippen LogP contribution in [0.25, 0.3) is 27.4 Å². The number of nitrogens with zero attached hydrogens (tertiary/aromatic N) is 1. The van der Waals surface area contributed by atoms with Crippen LogP contribution in [0.1, 0.15) is 5.56 Å². The summed E-state index contributed by atoms with van der Waals surface area (Å²) in [5.74, 6) is -0.135. The van der Waals surface area contributed by atoms with Crippen molar-refractivity contribution < 1.29 is 5.11 Å². The quantitative estimate of drug-likeness (QED) is 0.504. The molecule has 128 valence electrons. The van der Waals surface area contributed by atoms with Crippen molar-refractivity contribution in [2.24, 2.45) is 0 Å². The molecule has 0 unspecified atom stereocenters. The zero-order valence-electron chi connectivity index (χ0n) is 14.1. The predicted molar refractivity (Wildman–Crippen MR) is 105 cm³/mol. The second-order valence-electron chi connectivity index (χ2n) is 6.46. The van der Waals surface area contributed by atoms with Crippen LogP contribution in [0.5, 0.6) is 0 Å². The second-order valence-corrected chi connectivity index (χ2v) is 6.46. The molecule has 3 aromatic rings. The van der Waals surface area contributed by atoms with E-state index in [0.717, 1.165) is 0 Å². The molecule has 0 bridgehead atoms. The lowest BCUT2D eigenvalue weighted by atomic mass is 9.98. The van der Waals surface area contributed by atoms with Crippen LogP contribution in [0.3, 0.4) is 0 Å². The maximum atomic E-state index is 13.0. The molecule has 0 saturated heterocycles. The molecule has 0 amide bonds. The summed E-state index contributed by atoms with van der Waals surface area (Å²) >= 11 is 0. The van der Waals surface area contributed by atoms with Crippen molar-refractivity contribution in [1.29, 1.82) is 0 Å². The van der Waals surface area contributed by atoms with Gasteiger partial charge in [-0.15, -0.1) is 0 Å². The molecule has 0 atom stereocenters. The number of aliphatic hydroxyl groups excluding tert-OH is 1. The minimum absolute atomic E-state index is 0.103. The Morgan fingerprint density at radius 2 is 1.37 bits per heavy atom. The fourth-order valence-corrected chi connectivity index (χ4v) is 3.76. The van der Waals surface area contributed by atoms with Crippen molar-refractivity contribution in [3.63, 3.8) is 0 Å². The van der Waals surface area contributed by atoms with Crippen molar-refractivity contribution in [2.75, 3.05) is 0 Å². The van der Waals surface area contributed by atoms with Gasteiger partial charge in [0.1, 0.15) is 5.76 Å². The lowest BCUT2D eigenvalue weighted by Gasteiger charge is -2.07. The standard InChI is InChI=1S/C23H13NO3/c25-21(13-7-2-1-3-8-13)20-19-14-9-4-5-10-15(14)22(26)16-11-6-12-17(18(16)19)24-23(20)27/h1-12,25H. The molecule has 4 heteroatoms. The van der Waals surface area contributed by atoms with Crippen LogP contribution in [-0.2, 0) is 0 Å². The minimum atomic E-state index is -0.514. The van der Waals surface area contributed by atoms with Gasteiger partial charge in [0, 0.05) is 26.8 Å². The van der Waals surface area contributed by atoms with E-state index in [9.17, 15) is 14.7 Å². The first-order chi connectivity index (χ1) is 13.2. The van der Waals surface area contributed by atoms with Crippen molar-refractivity contribution >= 4 is 27.4 Å². The number of fused-ring (bicyclic) bond motifs is 2. The Kier molecular flexibility index (Phi) is 3.21. The van der Waals surface area contributed by atoms with Gasteiger partial charge in [0.05, 0.1) is 10.7 Å². The maximum absolute atomic E-state index is 13.0. The lowest BCUT2D eigenvalue weighted by molar-refractivity contribution is 0.506. The summed E-state index contributed by atoms with van der Waals surface area (Å²) in [5.41, 5.74) is 0.369. The number of aromatic nitrogens is 1. The zero-order chi connectivity index (χ0) is 18.5. The molecule has 0 aromatic heterocycles. The summed E-state index contributed by atoms with van der Waals surface area (Å²) in [5, 5.41) is 13.9. The van der Waals surface area contributed by atoms with E-state index in [4.69, 9.17) is 0 Å². The Bertz CT molecular complexity index is 1560. The van der Waals surface area contributed by atoms with Crippen LogP contribution in [-0.4, -0.2) is 10.1 Å². The van der Waals surface area contributed by atoms with E-state index in [1.165, 1.54) is 0 Å². The van der Waals surface area contributed by atoms with Crippen LogP contribution in [0, 0.1) is 10.4 Å². The Balaban J connectivity index is 2.26. The van der Waals surface area contributed by atoms with Gasteiger partial charge in [0.15, 0.2) is 5.43 Å². The molecule has 4 nitrogen and oxygen atoms in total. The molecular formula is C23H13NO3. The highest BCUT2D eigenvalue weighted by atomic mass is 16.3. The molecule has 3 aromatic carbocycles. The third-order valence-electron chi connectivity index (χ3n) is 4.95. The first kappa shape index (κ1) is 15.5. The fourth-order valence-electron chi connectivity index (χ4n) is 3.76. The van der Waals surface area contributed by atoms with Gasteiger partial charge in [-0.2, -0.15) is 0 Å². The molecule has 5 rings (SSSR count). The van der Waals surface area contributed by atoms with E-state index in [-0.39, 0.29) is 16.4 Å². The third-order valence-corrected chi connectivity index (χ3v) is 4.95. The number of aliphatic hydroxyl groups is 1. The molecule has 0 fully saturated rings. The molecule has 1 N–H and O–H groups in total. The SMILES string of the molecule is O=c1nc2cccc3c2=c(c1=C(O)c1ccccc1)c1ccccc1c3=O. The van der Waals surface area contributed by atoms with E-state index in [0.29, 0.717) is 37.7 Å². The van der Waals surface area contributed by atoms with E-state index in [2.05, 4.69) is 4.98 Å². The number of rotatable bonds is 1. The predicted octanol–water partition coefficient (Wildman–Crippen LogP) is 2.70. The average molecular weight is 351 g/mol. The van der Waals surface area contributed by atoms with E-state index in [1.54, 1.807) is 60.7 Å². The van der Waals surface area contributed by atoms with Gasteiger partial charge in [-0.3, -0.25) is 9.59 Å². The molecule has 0 radical (unpaired) electrons. The highest BCUT2D eigenvalue weighted by molar-refractivity contribution is 5.90. The summed E-state index contributed by atoms with van der Waals surface area (Å²) in [6.07, 6.45) is 0. The van der Waals surface area contributed by atoms with Gasteiger partial charge in [-0.05, 0) is 11.5 Å². The van der Waals surface area contributed by atoms with Crippen LogP contribution in [0.2, 0.25) is 0 Å². The molecular weight excluding hydrogens is 338 g/mol. The van der Waals surface area contributed by atoms with Crippen LogP contribution in [0.15, 0.2) is 82.4 Å². The highest BCUT2D eigenvalue weighted by Gasteiger charge is 2.15. The minimum Gasteiger partial charge on any atom is -0.506 e. The van der Waals surface area contributed by atoms with Gasteiger partial charge in [0.25, 0.3) is 5.56 Å². The largest absolute Gasteiger partial charge is 0.506 e. The first-order valence-corrected chi connectivity index (χ1v) is 8.56. The summed E-state index contributed by atoms with van der Waals surface area (Å²) < 4.78 is 0. The van der Waals surface area contributed by atoms with Crippen molar-refractivity contribution in [3.8, 4) is 0 Å². The summed E-state index contributed by atoms with van der Waals surface area (Å²) in [6, 6.07) is 21.2. The van der Waals surface area contributed by atoms with Gasteiger partial charge in [-0.1, -0.05) is 66.7 Å². The Hall–Kier alpha value is -3.79. The molecule has 1 aliphatic carbocycles. The Morgan fingerprint density at radius 3 is 2.15 bits per heavy atom. The molecule has 27 heavy (non-hydrogen) atoms. The molecule has 0 spiro atoms. The molecule has 2 aliphatic rings. The summed E-state index contributed by atoms with van der Waals surface area (Å²) in [4.78, 5) is 30.0. The fraction of sp³-hybridized carbons (Fsp3) is 0. The summed E-state index contributed by atoms with van der Waals surface area (Å²) in [7, 11) is 0. The van der Waals surface area contributed by atoms with Gasteiger partial charge in [-0.25, -0.2) is 4.98 Å². The number of benzene rings is 3. The third kappa shape index (κ3) is 2.13. The number of hydrogen-bond donors (Lipinski definition) is 1. The average Bonchev–Trinajstić information content (AvgIpc) is 2.71. The topological polar surface area (TPSA) is 67.3 Å². The Labute approximate surface area is 152 Å². The van der Waals surface area contributed by atoms with E-state index < -0.39 is 5.56 Å². The van der Waals surface area contributed by atoms with Crippen molar-refractivity contribution in [1.82, 2.24) is 4.98 Å². The normalized spacial score (nSPS) is 12.7. The van der Waals surface area contributed by atoms with Crippen LogP contribution >= 0.6 is 0 Å². The highest BCUT2D eigenvalue weighted by Crippen LogP contribution is 2.18. The van der Waals surface area contributed by atoms with E-state index >= 15 is 0 Å². The van der Waals surface area contributed by atoms with Gasteiger partial charge < -0.3 is 5.11 Å². The van der Waals surface area contributed by atoms with Crippen LogP contribution in [0.4, 0.5) is 0 Å². The maximum Gasteiger partial charge on any atom is 0.281 e. The second kappa shape index (κ2) is 5.61. The van der Waals surface area contributed by atoms with Gasteiger partial charge >= 0.3 is 0 Å².